The zero-order valence-electron chi connectivity index (χ0n) is 23.2. The number of benzene rings is 3. The Morgan fingerprint density at radius 1 is 0.875 bits per heavy atom. The fourth-order valence-corrected chi connectivity index (χ4v) is 5.06. The summed E-state index contributed by atoms with van der Waals surface area (Å²) in [5, 5.41) is 1.15. The predicted molar refractivity (Wildman–Crippen MR) is 154 cm³/mol. The number of carbonyl (C=O) groups excluding carboxylic acids is 2. The molecule has 40 heavy (non-hydrogen) atoms. The van der Waals surface area contributed by atoms with Crippen molar-refractivity contribution >= 4 is 22.7 Å². The van der Waals surface area contributed by atoms with Crippen LogP contribution in [0.2, 0.25) is 0 Å². The van der Waals surface area contributed by atoms with Crippen LogP contribution in [0.3, 0.4) is 0 Å². The molecule has 0 atom stereocenters. The zero-order chi connectivity index (χ0) is 28.1. The van der Waals surface area contributed by atoms with Gasteiger partial charge in [-0.1, -0.05) is 36.4 Å². The third-order valence-electron chi connectivity index (χ3n) is 7.39. The smallest absolute Gasteiger partial charge is 0.258 e. The molecule has 4 aromatic rings. The molecule has 0 unspecified atom stereocenters. The molecule has 3 aromatic carbocycles. The van der Waals surface area contributed by atoms with Gasteiger partial charge in [-0.2, -0.15) is 0 Å². The number of H-pyrrole nitrogens is 1. The summed E-state index contributed by atoms with van der Waals surface area (Å²) in [6.45, 7) is 0.877. The minimum absolute atomic E-state index is 0.00270. The first-order valence-electron chi connectivity index (χ1n) is 13.5. The average molecular weight is 542 g/mol. The number of methoxy groups -OCH3 is 3. The molecule has 0 spiro atoms. The van der Waals surface area contributed by atoms with Gasteiger partial charge in [0.05, 0.1) is 26.9 Å². The third-order valence-corrected chi connectivity index (χ3v) is 7.39. The van der Waals surface area contributed by atoms with E-state index in [4.69, 9.17) is 14.2 Å². The molecule has 0 saturated heterocycles. The molecule has 0 radical (unpaired) electrons. The molecule has 1 N–H and O–H groups in total. The molecule has 8 heteroatoms. The van der Waals surface area contributed by atoms with E-state index in [-0.39, 0.29) is 24.4 Å². The van der Waals surface area contributed by atoms with E-state index in [9.17, 15) is 9.59 Å². The van der Waals surface area contributed by atoms with E-state index in [1.54, 1.807) is 38.4 Å². The summed E-state index contributed by atoms with van der Waals surface area (Å²) in [6, 6.07) is 21.0. The molecule has 1 aliphatic carbocycles. The van der Waals surface area contributed by atoms with Gasteiger partial charge in [0.25, 0.3) is 5.91 Å². The van der Waals surface area contributed by atoms with Crippen molar-refractivity contribution in [1.82, 2.24) is 14.8 Å². The number of amides is 2. The Bertz CT molecular complexity index is 1490. The summed E-state index contributed by atoms with van der Waals surface area (Å²) < 4.78 is 16.3. The third kappa shape index (κ3) is 5.91. The van der Waals surface area contributed by atoms with Gasteiger partial charge in [-0.3, -0.25) is 9.59 Å². The van der Waals surface area contributed by atoms with Crippen LogP contribution in [-0.2, 0) is 17.8 Å². The fourth-order valence-electron chi connectivity index (χ4n) is 5.06. The first-order valence-corrected chi connectivity index (χ1v) is 13.5. The van der Waals surface area contributed by atoms with E-state index in [0.717, 1.165) is 34.9 Å². The van der Waals surface area contributed by atoms with E-state index in [2.05, 4.69) is 11.1 Å². The highest BCUT2D eigenvalue weighted by atomic mass is 16.5. The van der Waals surface area contributed by atoms with Crippen molar-refractivity contribution < 1.29 is 23.8 Å². The summed E-state index contributed by atoms with van der Waals surface area (Å²) >= 11 is 0. The number of fused-ring (bicyclic) bond motifs is 1. The molecule has 8 nitrogen and oxygen atoms in total. The zero-order valence-corrected chi connectivity index (χ0v) is 23.2. The van der Waals surface area contributed by atoms with E-state index in [1.807, 2.05) is 59.6 Å². The number of ether oxygens (including phenoxy) is 3. The van der Waals surface area contributed by atoms with Gasteiger partial charge in [-0.25, -0.2) is 0 Å². The van der Waals surface area contributed by atoms with Crippen LogP contribution in [0.1, 0.15) is 34.3 Å². The number of hydrogen-bond acceptors (Lipinski definition) is 5. The highest BCUT2D eigenvalue weighted by molar-refractivity contribution is 5.99. The van der Waals surface area contributed by atoms with Crippen molar-refractivity contribution in [1.29, 1.82) is 0 Å². The maximum Gasteiger partial charge on any atom is 0.258 e. The van der Waals surface area contributed by atoms with Crippen LogP contribution in [0, 0.1) is 0 Å². The first-order chi connectivity index (χ1) is 19.5. The number of hydrogen-bond donors (Lipinski definition) is 1. The number of para-hydroxylation sites is 2. The maximum absolute atomic E-state index is 13.9. The Balaban J connectivity index is 1.39. The van der Waals surface area contributed by atoms with Crippen molar-refractivity contribution in [2.75, 3.05) is 34.4 Å². The van der Waals surface area contributed by atoms with Gasteiger partial charge in [0, 0.05) is 36.2 Å². The molecular formula is C32H35N3O5. The topological polar surface area (TPSA) is 84.1 Å². The van der Waals surface area contributed by atoms with Gasteiger partial charge >= 0.3 is 0 Å². The number of nitrogens with zero attached hydrogens (tertiary/aromatic N) is 2. The molecule has 208 valence electrons. The lowest BCUT2D eigenvalue weighted by atomic mass is 10.1. The van der Waals surface area contributed by atoms with E-state index < -0.39 is 0 Å². The lowest BCUT2D eigenvalue weighted by molar-refractivity contribution is -0.132. The van der Waals surface area contributed by atoms with Gasteiger partial charge in [0.15, 0.2) is 11.5 Å². The van der Waals surface area contributed by atoms with Gasteiger partial charge in [-0.15, -0.1) is 0 Å². The van der Waals surface area contributed by atoms with Crippen LogP contribution in [0.15, 0.2) is 72.9 Å². The Kier molecular flexibility index (Phi) is 8.24. The number of aromatic amines is 1. The Morgan fingerprint density at radius 3 is 2.35 bits per heavy atom. The van der Waals surface area contributed by atoms with Crippen LogP contribution < -0.4 is 14.2 Å². The SMILES string of the molecule is COc1ccc(CN(CCc2c[nH]c3ccccc23)C(=O)CN(C(=O)c2ccccc2OC)C2CC2)cc1OC. The number of aromatic nitrogens is 1. The Labute approximate surface area is 234 Å². The van der Waals surface area contributed by atoms with Crippen LogP contribution in [-0.4, -0.2) is 67.1 Å². The molecule has 1 fully saturated rings. The van der Waals surface area contributed by atoms with Gasteiger partial charge in [0.2, 0.25) is 5.91 Å². The van der Waals surface area contributed by atoms with Crippen molar-refractivity contribution in [3.8, 4) is 17.2 Å². The van der Waals surface area contributed by atoms with Crippen molar-refractivity contribution in [3.05, 3.63) is 89.6 Å². The Hall–Kier alpha value is -4.46. The van der Waals surface area contributed by atoms with Crippen molar-refractivity contribution in [3.63, 3.8) is 0 Å². The van der Waals surface area contributed by atoms with Crippen LogP contribution in [0.4, 0.5) is 0 Å². The minimum atomic E-state index is -0.184. The average Bonchev–Trinajstić information content (AvgIpc) is 3.76. The molecular weight excluding hydrogens is 506 g/mol. The highest BCUT2D eigenvalue weighted by Crippen LogP contribution is 2.31. The van der Waals surface area contributed by atoms with Crippen molar-refractivity contribution in [2.45, 2.75) is 31.8 Å². The predicted octanol–water partition coefficient (Wildman–Crippen LogP) is 5.07. The summed E-state index contributed by atoms with van der Waals surface area (Å²) in [5.74, 6) is 1.45. The first kappa shape index (κ1) is 27.1. The summed E-state index contributed by atoms with van der Waals surface area (Å²) in [6.07, 6.45) is 4.46. The second kappa shape index (κ2) is 12.2. The van der Waals surface area contributed by atoms with E-state index >= 15 is 0 Å². The normalized spacial score (nSPS) is 12.7. The Morgan fingerprint density at radius 2 is 1.60 bits per heavy atom. The standard InChI is InChI=1S/C32H35N3O5/c1-38-28-11-7-5-9-26(28)32(37)35(24-13-14-24)21-31(36)34(20-22-12-15-29(39-2)30(18-22)40-3)17-16-23-19-33-27-10-6-4-8-25(23)27/h4-12,15,18-19,24,33H,13-14,16-17,20-21H2,1-3H3. The van der Waals surface area contributed by atoms with Crippen molar-refractivity contribution in [2.24, 2.45) is 0 Å². The van der Waals surface area contributed by atoms with Gasteiger partial charge in [-0.05, 0) is 60.7 Å². The fraction of sp³-hybridized carbons (Fsp3) is 0.312. The molecule has 2 amide bonds. The number of nitrogens with one attached hydrogen (secondary N) is 1. The van der Waals surface area contributed by atoms with E-state index in [0.29, 0.717) is 42.3 Å². The molecule has 1 aliphatic rings. The van der Waals surface area contributed by atoms with Gasteiger partial charge in [0.1, 0.15) is 12.3 Å². The lowest BCUT2D eigenvalue weighted by Crippen LogP contribution is -2.44. The highest BCUT2D eigenvalue weighted by Gasteiger charge is 2.36. The van der Waals surface area contributed by atoms with Gasteiger partial charge < -0.3 is 29.0 Å². The molecule has 5 rings (SSSR count). The molecule has 1 aromatic heterocycles. The second-order valence-electron chi connectivity index (χ2n) is 9.98. The molecule has 1 heterocycles. The second-order valence-corrected chi connectivity index (χ2v) is 9.98. The minimum Gasteiger partial charge on any atom is -0.496 e. The quantitative estimate of drug-likeness (QED) is 0.271. The van der Waals surface area contributed by atoms with Crippen LogP contribution in [0.5, 0.6) is 17.2 Å². The largest absolute Gasteiger partial charge is 0.496 e. The summed E-state index contributed by atoms with van der Waals surface area (Å²) in [4.78, 5) is 34.4. The number of carbonyl (C=O) groups is 2. The molecule has 0 aliphatic heterocycles. The monoisotopic (exact) mass is 541 g/mol. The molecule has 0 bridgehead atoms. The lowest BCUT2D eigenvalue weighted by Gasteiger charge is -2.28. The maximum atomic E-state index is 13.9. The number of rotatable bonds is 12. The summed E-state index contributed by atoms with van der Waals surface area (Å²) in [5.41, 5.74) is 3.59. The van der Waals surface area contributed by atoms with E-state index in [1.165, 1.54) is 0 Å². The van der Waals surface area contributed by atoms with Crippen LogP contribution >= 0.6 is 0 Å². The summed E-state index contributed by atoms with van der Waals surface area (Å²) in [7, 11) is 4.74. The van der Waals surface area contributed by atoms with Crippen LogP contribution in [0.25, 0.3) is 10.9 Å². The molecule has 1 saturated carbocycles.